The first-order valence-electron chi connectivity index (χ1n) is 8.01. The van der Waals surface area contributed by atoms with Crippen molar-refractivity contribution in [2.24, 2.45) is 0 Å². The summed E-state index contributed by atoms with van der Waals surface area (Å²) in [5.74, 6) is 0.728. The van der Waals surface area contributed by atoms with E-state index < -0.39 is 0 Å². The van der Waals surface area contributed by atoms with Crippen molar-refractivity contribution in [2.45, 2.75) is 26.8 Å². The molecule has 1 aromatic carbocycles. The highest BCUT2D eigenvalue weighted by molar-refractivity contribution is 5.95. The lowest BCUT2D eigenvalue weighted by Gasteiger charge is -2.22. The van der Waals surface area contributed by atoms with E-state index in [0.29, 0.717) is 24.5 Å². The summed E-state index contributed by atoms with van der Waals surface area (Å²) in [6.07, 6.45) is 2.40. The standard InChI is InChI=1S/C18H22N4O/c1-4-16-15(11-19-13(2)20-16)18(23)22-10-9-21(3)17-8-6-5-7-14(17)12-22/h5-8,11H,4,9-10,12H2,1-3H3. The van der Waals surface area contributed by atoms with Crippen molar-refractivity contribution in [1.29, 1.82) is 0 Å². The Labute approximate surface area is 137 Å². The molecule has 0 spiro atoms. The Hall–Kier alpha value is -2.43. The van der Waals surface area contributed by atoms with Crippen LogP contribution in [0.1, 0.15) is 34.4 Å². The number of hydrogen-bond acceptors (Lipinski definition) is 4. The van der Waals surface area contributed by atoms with Gasteiger partial charge in [-0.3, -0.25) is 4.79 Å². The van der Waals surface area contributed by atoms with Gasteiger partial charge in [-0.25, -0.2) is 9.97 Å². The van der Waals surface area contributed by atoms with E-state index in [4.69, 9.17) is 0 Å². The fourth-order valence-corrected chi connectivity index (χ4v) is 3.00. The number of carbonyl (C=O) groups is 1. The molecule has 0 saturated carbocycles. The van der Waals surface area contributed by atoms with Crippen molar-refractivity contribution in [3.05, 3.63) is 53.1 Å². The second-order valence-electron chi connectivity index (χ2n) is 5.91. The third-order valence-electron chi connectivity index (χ3n) is 4.31. The molecule has 3 rings (SSSR count). The minimum absolute atomic E-state index is 0.0203. The summed E-state index contributed by atoms with van der Waals surface area (Å²) in [4.78, 5) is 25.7. The Morgan fingerprint density at radius 2 is 2.04 bits per heavy atom. The minimum Gasteiger partial charge on any atom is -0.373 e. The number of rotatable bonds is 2. The van der Waals surface area contributed by atoms with Gasteiger partial charge in [-0.2, -0.15) is 0 Å². The van der Waals surface area contributed by atoms with Crippen molar-refractivity contribution < 1.29 is 4.79 Å². The third kappa shape index (κ3) is 3.04. The first-order valence-corrected chi connectivity index (χ1v) is 8.01. The maximum Gasteiger partial charge on any atom is 0.257 e. The number of amides is 1. The summed E-state index contributed by atoms with van der Waals surface area (Å²) in [5.41, 5.74) is 3.82. The highest BCUT2D eigenvalue weighted by atomic mass is 16.2. The molecule has 0 atom stereocenters. The zero-order chi connectivity index (χ0) is 16.4. The zero-order valence-corrected chi connectivity index (χ0v) is 13.9. The van der Waals surface area contributed by atoms with E-state index in [1.165, 1.54) is 11.3 Å². The lowest BCUT2D eigenvalue weighted by Crippen LogP contribution is -2.35. The average molecular weight is 310 g/mol. The lowest BCUT2D eigenvalue weighted by atomic mass is 10.1. The van der Waals surface area contributed by atoms with E-state index in [9.17, 15) is 4.79 Å². The van der Waals surface area contributed by atoms with Gasteiger partial charge >= 0.3 is 0 Å². The monoisotopic (exact) mass is 310 g/mol. The summed E-state index contributed by atoms with van der Waals surface area (Å²) >= 11 is 0. The molecule has 120 valence electrons. The van der Waals surface area contributed by atoms with E-state index >= 15 is 0 Å². The number of benzene rings is 1. The van der Waals surface area contributed by atoms with Crippen LogP contribution in [0.2, 0.25) is 0 Å². The van der Waals surface area contributed by atoms with Crippen LogP contribution in [-0.4, -0.2) is 40.9 Å². The molecule has 0 bridgehead atoms. The van der Waals surface area contributed by atoms with Gasteiger partial charge in [0, 0.05) is 38.6 Å². The number of hydrogen-bond donors (Lipinski definition) is 0. The van der Waals surface area contributed by atoms with Crippen molar-refractivity contribution in [3.63, 3.8) is 0 Å². The molecule has 0 aliphatic carbocycles. The van der Waals surface area contributed by atoms with E-state index in [2.05, 4.69) is 34.0 Å². The second-order valence-corrected chi connectivity index (χ2v) is 5.91. The zero-order valence-electron chi connectivity index (χ0n) is 13.9. The van der Waals surface area contributed by atoms with Crippen LogP contribution in [0.25, 0.3) is 0 Å². The Bertz CT molecular complexity index is 729. The van der Waals surface area contributed by atoms with E-state index in [1.54, 1.807) is 6.20 Å². The molecule has 0 fully saturated rings. The van der Waals surface area contributed by atoms with Crippen LogP contribution in [-0.2, 0) is 13.0 Å². The molecule has 23 heavy (non-hydrogen) atoms. The topological polar surface area (TPSA) is 49.3 Å². The van der Waals surface area contributed by atoms with Gasteiger partial charge in [-0.05, 0) is 25.0 Å². The maximum absolute atomic E-state index is 13.0. The second kappa shape index (κ2) is 6.36. The van der Waals surface area contributed by atoms with Gasteiger partial charge in [-0.1, -0.05) is 25.1 Å². The highest BCUT2D eigenvalue weighted by Crippen LogP contribution is 2.24. The summed E-state index contributed by atoms with van der Waals surface area (Å²) < 4.78 is 0. The third-order valence-corrected chi connectivity index (χ3v) is 4.31. The Morgan fingerprint density at radius 1 is 1.26 bits per heavy atom. The summed E-state index contributed by atoms with van der Waals surface area (Å²) in [6, 6.07) is 8.25. The molecule has 0 radical (unpaired) electrons. The molecular weight excluding hydrogens is 288 g/mol. The van der Waals surface area contributed by atoms with Crippen LogP contribution in [0.5, 0.6) is 0 Å². The molecule has 2 aromatic rings. The number of carbonyl (C=O) groups excluding carboxylic acids is 1. The van der Waals surface area contributed by atoms with E-state index in [0.717, 1.165) is 18.7 Å². The van der Waals surface area contributed by atoms with Crippen LogP contribution < -0.4 is 4.90 Å². The summed E-state index contributed by atoms with van der Waals surface area (Å²) in [7, 11) is 2.07. The molecule has 0 N–H and O–H groups in total. The number of anilines is 1. The van der Waals surface area contributed by atoms with Gasteiger partial charge < -0.3 is 9.80 Å². The first-order chi connectivity index (χ1) is 11.1. The van der Waals surface area contributed by atoms with E-state index in [-0.39, 0.29) is 5.91 Å². The number of likely N-dealkylation sites (N-methyl/N-ethyl adjacent to an activating group) is 1. The molecule has 1 aromatic heterocycles. The molecular formula is C18H22N4O. The van der Waals surface area contributed by atoms with Gasteiger partial charge in [0.25, 0.3) is 5.91 Å². The molecule has 5 nitrogen and oxygen atoms in total. The largest absolute Gasteiger partial charge is 0.373 e. The highest BCUT2D eigenvalue weighted by Gasteiger charge is 2.24. The smallest absolute Gasteiger partial charge is 0.257 e. The normalized spacial score (nSPS) is 14.4. The Kier molecular flexibility index (Phi) is 4.28. The van der Waals surface area contributed by atoms with Crippen molar-refractivity contribution >= 4 is 11.6 Å². The number of fused-ring (bicyclic) bond motifs is 1. The minimum atomic E-state index is 0.0203. The molecule has 5 heteroatoms. The predicted molar refractivity (Wildman–Crippen MR) is 90.6 cm³/mol. The van der Waals surface area contributed by atoms with Gasteiger partial charge in [0.05, 0.1) is 11.3 Å². The van der Waals surface area contributed by atoms with Gasteiger partial charge in [0.2, 0.25) is 0 Å². The van der Waals surface area contributed by atoms with Crippen LogP contribution in [0.15, 0.2) is 30.5 Å². The SMILES string of the molecule is CCc1nc(C)ncc1C(=O)N1CCN(C)c2ccccc2C1. The van der Waals surface area contributed by atoms with Crippen molar-refractivity contribution in [3.8, 4) is 0 Å². The fraction of sp³-hybridized carbons (Fsp3) is 0.389. The molecule has 1 amide bonds. The van der Waals surface area contributed by atoms with Gasteiger partial charge in [0.15, 0.2) is 0 Å². The number of para-hydroxylation sites is 1. The first kappa shape index (κ1) is 15.5. The van der Waals surface area contributed by atoms with Crippen LogP contribution in [0, 0.1) is 6.92 Å². The Balaban J connectivity index is 1.92. The molecule has 0 saturated heterocycles. The molecule has 1 aliphatic rings. The summed E-state index contributed by atoms with van der Waals surface area (Å²) in [5, 5.41) is 0. The number of aromatic nitrogens is 2. The molecule has 2 heterocycles. The molecule has 0 unspecified atom stereocenters. The average Bonchev–Trinajstić information content (AvgIpc) is 2.74. The van der Waals surface area contributed by atoms with Crippen LogP contribution >= 0.6 is 0 Å². The maximum atomic E-state index is 13.0. The summed E-state index contributed by atoms with van der Waals surface area (Å²) in [6.45, 7) is 6.00. The van der Waals surface area contributed by atoms with Crippen molar-refractivity contribution in [1.82, 2.24) is 14.9 Å². The quantitative estimate of drug-likeness (QED) is 0.855. The Morgan fingerprint density at radius 3 is 2.83 bits per heavy atom. The predicted octanol–water partition coefficient (Wildman–Crippen LogP) is 2.44. The number of aryl methyl sites for hydroxylation is 2. The number of nitrogens with zero attached hydrogens (tertiary/aromatic N) is 4. The lowest BCUT2D eigenvalue weighted by molar-refractivity contribution is 0.0749. The van der Waals surface area contributed by atoms with Gasteiger partial charge in [-0.15, -0.1) is 0 Å². The van der Waals surface area contributed by atoms with Gasteiger partial charge in [0.1, 0.15) is 5.82 Å². The van der Waals surface area contributed by atoms with E-state index in [1.807, 2.05) is 30.9 Å². The van der Waals surface area contributed by atoms with Crippen molar-refractivity contribution in [2.75, 3.05) is 25.0 Å². The fourth-order valence-electron chi connectivity index (χ4n) is 3.00. The van der Waals surface area contributed by atoms with Crippen LogP contribution in [0.4, 0.5) is 5.69 Å². The molecule has 1 aliphatic heterocycles. The van der Waals surface area contributed by atoms with Crippen LogP contribution in [0.3, 0.4) is 0 Å².